The van der Waals surface area contributed by atoms with Gasteiger partial charge in [-0.3, -0.25) is 0 Å². The number of hydrogen-bond acceptors (Lipinski definition) is 3. The molecule has 0 saturated carbocycles. The highest BCUT2D eigenvalue weighted by atomic mass is 16.5. The third kappa shape index (κ3) is 8.53. The molecule has 3 atom stereocenters. The van der Waals surface area contributed by atoms with Gasteiger partial charge in [-0.25, -0.2) is 0 Å². The number of rotatable bonds is 13. The molecule has 2 rings (SSSR count). The third-order valence-corrected chi connectivity index (χ3v) is 4.72. The highest BCUT2D eigenvalue weighted by molar-refractivity contribution is 5.14. The molecule has 0 saturated heterocycles. The molecule has 0 bridgehead atoms. The average molecular weight is 369 g/mol. The molecule has 2 aromatic rings. The fraction of sp³-hybridized carbons (Fsp3) is 0.417. The molecule has 0 amide bonds. The number of hydrogen-bond donors (Lipinski definition) is 1. The molecule has 2 aromatic carbocycles. The molecular formula is C24H32O3. The van der Waals surface area contributed by atoms with Crippen LogP contribution in [0.2, 0.25) is 0 Å². The van der Waals surface area contributed by atoms with E-state index in [1.54, 1.807) is 0 Å². The zero-order chi connectivity index (χ0) is 19.3. The van der Waals surface area contributed by atoms with E-state index in [1.807, 2.05) is 49.4 Å². The molecule has 0 unspecified atom stereocenters. The first-order valence-electron chi connectivity index (χ1n) is 9.75. The van der Waals surface area contributed by atoms with Crippen molar-refractivity contribution in [3.05, 3.63) is 84.4 Å². The summed E-state index contributed by atoms with van der Waals surface area (Å²) in [7, 11) is 0. The lowest BCUT2D eigenvalue weighted by Crippen LogP contribution is -2.27. The van der Waals surface area contributed by atoms with Crippen LogP contribution >= 0.6 is 0 Å². The highest BCUT2D eigenvalue weighted by Crippen LogP contribution is 2.18. The zero-order valence-electron chi connectivity index (χ0n) is 16.3. The molecule has 3 nitrogen and oxygen atoms in total. The van der Waals surface area contributed by atoms with E-state index in [1.165, 1.54) is 5.56 Å². The van der Waals surface area contributed by atoms with Gasteiger partial charge in [0.15, 0.2) is 0 Å². The Kier molecular flexibility index (Phi) is 9.85. The van der Waals surface area contributed by atoms with Gasteiger partial charge in [0.1, 0.15) is 0 Å². The number of aliphatic hydroxyl groups is 1. The molecule has 146 valence electrons. The van der Waals surface area contributed by atoms with E-state index in [4.69, 9.17) is 9.47 Å². The lowest BCUT2D eigenvalue weighted by molar-refractivity contribution is -0.0277. The monoisotopic (exact) mass is 368 g/mol. The maximum atomic E-state index is 10.5. The van der Waals surface area contributed by atoms with E-state index in [9.17, 15) is 5.11 Å². The molecule has 0 aromatic heterocycles. The Hall–Kier alpha value is -1.94. The Bertz CT molecular complexity index is 627. The summed E-state index contributed by atoms with van der Waals surface area (Å²) in [6.45, 7) is 7.57. The van der Waals surface area contributed by atoms with Crippen LogP contribution in [-0.2, 0) is 22.7 Å². The standard InChI is InChI=1S/C24H32O3/c1-3-10-20(2)24(25)17-23(27-19-22-13-8-5-9-14-22)15-16-26-18-21-11-6-4-7-12-21/h3-9,11-14,20,23-25H,1,10,15-19H2,2H3/t20-,23+,24+/m0/s1. The van der Waals surface area contributed by atoms with Crippen LogP contribution in [0.15, 0.2) is 73.3 Å². The van der Waals surface area contributed by atoms with Crippen LogP contribution in [0.1, 0.15) is 37.3 Å². The molecule has 0 aliphatic heterocycles. The Morgan fingerprint density at radius 2 is 1.56 bits per heavy atom. The van der Waals surface area contributed by atoms with Crippen LogP contribution in [0.3, 0.4) is 0 Å². The lowest BCUT2D eigenvalue weighted by atomic mass is 9.95. The number of aliphatic hydroxyl groups excluding tert-OH is 1. The molecule has 0 spiro atoms. The van der Waals surface area contributed by atoms with Crippen LogP contribution in [0.4, 0.5) is 0 Å². The van der Waals surface area contributed by atoms with Gasteiger partial charge in [-0.2, -0.15) is 0 Å². The van der Waals surface area contributed by atoms with Crippen molar-refractivity contribution in [2.75, 3.05) is 6.61 Å². The first kappa shape index (κ1) is 21.4. The fourth-order valence-corrected chi connectivity index (χ4v) is 2.96. The van der Waals surface area contributed by atoms with Gasteiger partial charge < -0.3 is 14.6 Å². The summed E-state index contributed by atoms with van der Waals surface area (Å²) in [5.74, 6) is 0.176. The first-order chi connectivity index (χ1) is 13.2. The van der Waals surface area contributed by atoms with Crippen LogP contribution < -0.4 is 0 Å². The van der Waals surface area contributed by atoms with Crippen molar-refractivity contribution in [1.29, 1.82) is 0 Å². The van der Waals surface area contributed by atoms with Crippen molar-refractivity contribution >= 4 is 0 Å². The quantitative estimate of drug-likeness (QED) is 0.393. The van der Waals surface area contributed by atoms with Gasteiger partial charge >= 0.3 is 0 Å². The van der Waals surface area contributed by atoms with Crippen LogP contribution in [0, 0.1) is 5.92 Å². The average Bonchev–Trinajstić information content (AvgIpc) is 2.70. The molecule has 0 aliphatic rings. The molecule has 0 heterocycles. The normalized spacial score (nSPS) is 14.4. The second-order valence-corrected chi connectivity index (χ2v) is 7.05. The van der Waals surface area contributed by atoms with Crippen LogP contribution in [0.5, 0.6) is 0 Å². The minimum Gasteiger partial charge on any atom is -0.393 e. The molecule has 3 heteroatoms. The van der Waals surface area contributed by atoms with Crippen molar-refractivity contribution in [3.8, 4) is 0 Å². The zero-order valence-corrected chi connectivity index (χ0v) is 16.3. The van der Waals surface area contributed by atoms with Gasteiger partial charge in [0.25, 0.3) is 0 Å². The van der Waals surface area contributed by atoms with Crippen molar-refractivity contribution in [2.24, 2.45) is 5.92 Å². The number of ether oxygens (including phenoxy) is 2. The van der Waals surface area contributed by atoms with Gasteiger partial charge in [0.2, 0.25) is 0 Å². The summed E-state index contributed by atoms with van der Waals surface area (Å²) in [5.41, 5.74) is 2.31. The molecule has 1 N–H and O–H groups in total. The first-order valence-corrected chi connectivity index (χ1v) is 9.75. The molecule has 0 aliphatic carbocycles. The van der Waals surface area contributed by atoms with E-state index >= 15 is 0 Å². The van der Waals surface area contributed by atoms with E-state index < -0.39 is 6.10 Å². The van der Waals surface area contributed by atoms with Crippen LogP contribution in [0.25, 0.3) is 0 Å². The predicted octanol–water partition coefficient (Wildman–Crippen LogP) is 5.14. The Balaban J connectivity index is 1.82. The lowest BCUT2D eigenvalue weighted by Gasteiger charge is -2.24. The molecular weight excluding hydrogens is 336 g/mol. The SMILES string of the molecule is C=CC[C@H](C)[C@H](O)C[C@@H](CCOCc1ccccc1)OCc1ccccc1. The Labute approximate surface area is 163 Å². The Morgan fingerprint density at radius 3 is 2.15 bits per heavy atom. The molecule has 0 fully saturated rings. The number of benzene rings is 2. The van der Waals surface area contributed by atoms with Gasteiger partial charge in [-0.15, -0.1) is 6.58 Å². The minimum atomic E-state index is -0.405. The summed E-state index contributed by atoms with van der Waals surface area (Å²) >= 11 is 0. The van der Waals surface area contributed by atoms with Crippen molar-refractivity contribution < 1.29 is 14.6 Å². The number of allylic oxidation sites excluding steroid dienone is 1. The van der Waals surface area contributed by atoms with Crippen molar-refractivity contribution in [2.45, 2.75) is 51.6 Å². The van der Waals surface area contributed by atoms with Crippen molar-refractivity contribution in [1.82, 2.24) is 0 Å². The summed E-state index contributed by atoms with van der Waals surface area (Å²) in [6.07, 6.45) is 3.59. The van der Waals surface area contributed by atoms with E-state index in [0.717, 1.165) is 18.4 Å². The van der Waals surface area contributed by atoms with Gasteiger partial charge in [0.05, 0.1) is 25.4 Å². The third-order valence-electron chi connectivity index (χ3n) is 4.72. The summed E-state index contributed by atoms with van der Waals surface area (Å²) in [5, 5.41) is 10.5. The second-order valence-electron chi connectivity index (χ2n) is 7.05. The van der Waals surface area contributed by atoms with E-state index in [-0.39, 0.29) is 12.0 Å². The smallest absolute Gasteiger partial charge is 0.0720 e. The largest absolute Gasteiger partial charge is 0.393 e. The Morgan fingerprint density at radius 1 is 0.963 bits per heavy atom. The van der Waals surface area contributed by atoms with Gasteiger partial charge in [0, 0.05) is 6.61 Å². The topological polar surface area (TPSA) is 38.7 Å². The molecule has 0 radical (unpaired) electrons. The van der Waals surface area contributed by atoms with Gasteiger partial charge in [-0.1, -0.05) is 73.7 Å². The van der Waals surface area contributed by atoms with Crippen LogP contribution in [-0.4, -0.2) is 23.9 Å². The molecule has 27 heavy (non-hydrogen) atoms. The van der Waals surface area contributed by atoms with Gasteiger partial charge in [-0.05, 0) is 36.3 Å². The van der Waals surface area contributed by atoms with E-state index in [2.05, 4.69) is 30.8 Å². The summed E-state index contributed by atoms with van der Waals surface area (Å²) < 4.78 is 11.9. The van der Waals surface area contributed by atoms with E-state index in [0.29, 0.717) is 26.2 Å². The maximum absolute atomic E-state index is 10.5. The summed E-state index contributed by atoms with van der Waals surface area (Å²) in [6, 6.07) is 20.3. The van der Waals surface area contributed by atoms with Crippen molar-refractivity contribution in [3.63, 3.8) is 0 Å². The predicted molar refractivity (Wildman–Crippen MR) is 110 cm³/mol. The second kappa shape index (κ2) is 12.4. The minimum absolute atomic E-state index is 0.0387. The summed E-state index contributed by atoms with van der Waals surface area (Å²) in [4.78, 5) is 0. The fourth-order valence-electron chi connectivity index (χ4n) is 2.96. The highest BCUT2D eigenvalue weighted by Gasteiger charge is 2.20. The maximum Gasteiger partial charge on any atom is 0.0720 e.